The first-order valence-corrected chi connectivity index (χ1v) is 8.12. The van der Waals surface area contributed by atoms with E-state index in [-0.39, 0.29) is 11.5 Å². The number of para-hydroxylation sites is 2. The number of nitrogens with two attached hydrogens (primary N) is 2. The van der Waals surface area contributed by atoms with Crippen molar-refractivity contribution >= 4 is 12.2 Å². The summed E-state index contributed by atoms with van der Waals surface area (Å²) in [5, 5.41) is 20.5. The van der Waals surface area contributed by atoms with Crippen LogP contribution in [0.3, 0.4) is 0 Å². The number of aromatic hydroxyl groups is 2. The third kappa shape index (κ3) is 4.29. The summed E-state index contributed by atoms with van der Waals surface area (Å²) in [6, 6.07) is 10.4. The van der Waals surface area contributed by atoms with E-state index in [4.69, 9.17) is 20.9 Å². The zero-order valence-electron chi connectivity index (χ0n) is 14.9. The van der Waals surface area contributed by atoms with Crippen LogP contribution < -0.4 is 20.9 Å². The van der Waals surface area contributed by atoms with Gasteiger partial charge in [-0.3, -0.25) is 0 Å². The highest BCUT2D eigenvalue weighted by atomic mass is 16.5. The molecular weight excluding hydrogens is 332 g/mol. The van der Waals surface area contributed by atoms with Crippen LogP contribution in [0.15, 0.2) is 47.7 Å². The molecule has 6 nitrogen and oxygen atoms in total. The van der Waals surface area contributed by atoms with E-state index in [1.165, 1.54) is 14.2 Å². The van der Waals surface area contributed by atoms with Crippen LogP contribution in [0.5, 0.6) is 23.0 Å². The van der Waals surface area contributed by atoms with E-state index in [0.29, 0.717) is 41.3 Å². The number of phenols is 2. The van der Waals surface area contributed by atoms with Gasteiger partial charge in [0.1, 0.15) is 0 Å². The van der Waals surface area contributed by atoms with Crippen LogP contribution in [0.1, 0.15) is 17.5 Å². The molecule has 0 spiro atoms. The molecule has 0 fully saturated rings. The van der Waals surface area contributed by atoms with Gasteiger partial charge in [0.2, 0.25) is 0 Å². The van der Waals surface area contributed by atoms with Crippen molar-refractivity contribution in [2.75, 3.05) is 20.8 Å². The van der Waals surface area contributed by atoms with E-state index in [1.807, 2.05) is 0 Å². The molecule has 2 rings (SSSR count). The Morgan fingerprint density at radius 1 is 0.923 bits per heavy atom. The zero-order chi connectivity index (χ0) is 19.1. The van der Waals surface area contributed by atoms with Gasteiger partial charge in [-0.1, -0.05) is 24.3 Å². The maximum atomic E-state index is 10.3. The number of hydrogen-bond acceptors (Lipinski definition) is 6. The number of allylic oxidation sites excluding steroid dienone is 1. The van der Waals surface area contributed by atoms with Gasteiger partial charge in [-0.25, -0.2) is 0 Å². The summed E-state index contributed by atoms with van der Waals surface area (Å²) in [6.45, 7) is 0.384. The standard InChI is InChI=1S/C20H24N2O4/c1-25-17-7-3-5-14(19(17)23)11-13(9-10-21)16(22)12-15-6-4-8-18(26-2)20(15)24/h3-8,11-12,23-24H,9-10,21-22H2,1-2H3. The average Bonchev–Trinajstić information content (AvgIpc) is 2.64. The highest BCUT2D eigenvalue weighted by molar-refractivity contribution is 5.71. The molecule has 26 heavy (non-hydrogen) atoms. The lowest BCUT2D eigenvalue weighted by Crippen LogP contribution is -2.07. The van der Waals surface area contributed by atoms with E-state index in [9.17, 15) is 10.2 Å². The monoisotopic (exact) mass is 356 g/mol. The molecule has 0 aliphatic heterocycles. The van der Waals surface area contributed by atoms with Crippen LogP contribution in [0.4, 0.5) is 0 Å². The predicted octanol–water partition coefficient (Wildman–Crippen LogP) is 2.85. The highest BCUT2D eigenvalue weighted by Crippen LogP contribution is 2.33. The Balaban J connectivity index is 2.47. The Morgan fingerprint density at radius 2 is 1.42 bits per heavy atom. The van der Waals surface area contributed by atoms with E-state index in [2.05, 4.69) is 0 Å². The second-order valence-electron chi connectivity index (χ2n) is 5.60. The molecule has 2 aromatic carbocycles. The smallest absolute Gasteiger partial charge is 0.165 e. The number of rotatable bonds is 7. The van der Waals surface area contributed by atoms with Crippen LogP contribution >= 0.6 is 0 Å². The van der Waals surface area contributed by atoms with Crippen molar-refractivity contribution in [1.82, 2.24) is 0 Å². The van der Waals surface area contributed by atoms with Gasteiger partial charge >= 0.3 is 0 Å². The van der Waals surface area contributed by atoms with Gasteiger partial charge in [0, 0.05) is 16.8 Å². The van der Waals surface area contributed by atoms with Gasteiger partial charge in [0.05, 0.1) is 14.2 Å². The van der Waals surface area contributed by atoms with Crippen molar-refractivity contribution in [3.8, 4) is 23.0 Å². The topological polar surface area (TPSA) is 111 Å². The number of ether oxygens (including phenoxy) is 2. The molecule has 0 atom stereocenters. The maximum Gasteiger partial charge on any atom is 0.165 e. The molecular formula is C20H24N2O4. The number of hydrogen-bond donors (Lipinski definition) is 4. The van der Waals surface area contributed by atoms with E-state index >= 15 is 0 Å². The van der Waals surface area contributed by atoms with Crippen molar-refractivity contribution in [2.45, 2.75) is 6.42 Å². The summed E-state index contributed by atoms with van der Waals surface area (Å²) in [5.74, 6) is 0.774. The van der Waals surface area contributed by atoms with Crippen LogP contribution in [-0.2, 0) is 0 Å². The minimum Gasteiger partial charge on any atom is -0.504 e. The summed E-state index contributed by atoms with van der Waals surface area (Å²) >= 11 is 0. The first-order chi connectivity index (χ1) is 12.5. The molecule has 0 saturated carbocycles. The molecule has 0 bridgehead atoms. The zero-order valence-corrected chi connectivity index (χ0v) is 14.9. The van der Waals surface area contributed by atoms with Gasteiger partial charge in [-0.05, 0) is 42.8 Å². The molecule has 6 heteroatoms. The lowest BCUT2D eigenvalue weighted by molar-refractivity contribution is 0.373. The molecule has 0 aliphatic carbocycles. The molecule has 0 heterocycles. The first kappa shape index (κ1) is 19.2. The Hall–Kier alpha value is -3.12. The van der Waals surface area contributed by atoms with Crippen LogP contribution in [0, 0.1) is 0 Å². The van der Waals surface area contributed by atoms with Gasteiger partial charge in [0.15, 0.2) is 23.0 Å². The fourth-order valence-corrected chi connectivity index (χ4v) is 2.54. The summed E-state index contributed by atoms with van der Waals surface area (Å²) in [6.07, 6.45) is 3.91. The largest absolute Gasteiger partial charge is 0.504 e. The first-order valence-electron chi connectivity index (χ1n) is 8.12. The van der Waals surface area contributed by atoms with E-state index < -0.39 is 0 Å². The number of methoxy groups -OCH3 is 2. The lowest BCUT2D eigenvalue weighted by atomic mass is 10.0. The Labute approximate surface area is 153 Å². The fraction of sp³-hybridized carbons (Fsp3) is 0.200. The second-order valence-corrected chi connectivity index (χ2v) is 5.60. The lowest BCUT2D eigenvalue weighted by Gasteiger charge is -2.11. The summed E-state index contributed by atoms with van der Waals surface area (Å²) < 4.78 is 10.2. The molecule has 138 valence electrons. The molecule has 0 amide bonds. The molecule has 0 unspecified atom stereocenters. The number of phenolic OH excluding ortho intramolecular Hbond substituents is 2. The van der Waals surface area contributed by atoms with Crippen LogP contribution in [-0.4, -0.2) is 31.0 Å². The summed E-state index contributed by atoms with van der Waals surface area (Å²) in [5.41, 5.74) is 14.2. The van der Waals surface area contributed by atoms with Crippen LogP contribution in [0.25, 0.3) is 12.2 Å². The van der Waals surface area contributed by atoms with Crippen molar-refractivity contribution < 1.29 is 19.7 Å². The normalized spacial score (nSPS) is 12.1. The fourth-order valence-electron chi connectivity index (χ4n) is 2.54. The minimum absolute atomic E-state index is 0.00859. The van der Waals surface area contributed by atoms with Crippen molar-refractivity contribution in [1.29, 1.82) is 0 Å². The highest BCUT2D eigenvalue weighted by Gasteiger charge is 2.10. The SMILES string of the molecule is COc1cccc(C=C(N)C(=Cc2cccc(OC)c2O)CCN)c1O. The van der Waals surface area contributed by atoms with Gasteiger partial charge in [0.25, 0.3) is 0 Å². The van der Waals surface area contributed by atoms with Crippen molar-refractivity contribution in [2.24, 2.45) is 11.5 Å². The molecule has 6 N–H and O–H groups in total. The third-order valence-corrected chi connectivity index (χ3v) is 3.93. The Kier molecular flexibility index (Phi) is 6.52. The predicted molar refractivity (Wildman–Crippen MR) is 103 cm³/mol. The summed E-state index contributed by atoms with van der Waals surface area (Å²) in [4.78, 5) is 0. The molecule has 0 saturated heterocycles. The van der Waals surface area contributed by atoms with Gasteiger partial charge in [-0.2, -0.15) is 0 Å². The maximum absolute atomic E-state index is 10.3. The number of benzene rings is 2. The molecule has 0 aromatic heterocycles. The van der Waals surface area contributed by atoms with Crippen LogP contribution in [0.2, 0.25) is 0 Å². The van der Waals surface area contributed by atoms with Gasteiger partial charge < -0.3 is 31.2 Å². The van der Waals surface area contributed by atoms with E-state index in [0.717, 1.165) is 5.57 Å². The molecule has 2 aromatic rings. The molecule has 0 radical (unpaired) electrons. The average molecular weight is 356 g/mol. The Bertz CT molecular complexity index is 829. The molecule has 0 aliphatic rings. The third-order valence-electron chi connectivity index (χ3n) is 3.93. The van der Waals surface area contributed by atoms with Gasteiger partial charge in [-0.15, -0.1) is 0 Å². The second kappa shape index (κ2) is 8.82. The van der Waals surface area contributed by atoms with E-state index in [1.54, 1.807) is 48.6 Å². The summed E-state index contributed by atoms with van der Waals surface area (Å²) in [7, 11) is 2.97. The quantitative estimate of drug-likeness (QED) is 0.568. The Morgan fingerprint density at radius 3 is 1.88 bits per heavy atom. The minimum atomic E-state index is 0.00859. The van der Waals surface area contributed by atoms with Crippen molar-refractivity contribution in [3.63, 3.8) is 0 Å². The van der Waals surface area contributed by atoms with Crippen molar-refractivity contribution in [3.05, 3.63) is 58.8 Å².